The maximum Gasteiger partial charge on any atom is 0.229 e. The third-order valence-corrected chi connectivity index (χ3v) is 3.58. The van der Waals surface area contributed by atoms with Crippen LogP contribution in [-0.4, -0.2) is 65.7 Å². The zero-order chi connectivity index (χ0) is 15.4. The fourth-order valence-electron chi connectivity index (χ4n) is 2.38. The normalized spacial score (nSPS) is 16.7. The molecule has 2 heterocycles. The lowest BCUT2D eigenvalue weighted by molar-refractivity contribution is 0.0526. The summed E-state index contributed by atoms with van der Waals surface area (Å²) in [7, 11) is 0. The average Bonchev–Trinajstić information content (AvgIpc) is 2.59. The first-order valence-corrected chi connectivity index (χ1v) is 7.42. The molecule has 3 rings (SSSR count). The van der Waals surface area contributed by atoms with Crippen LogP contribution < -0.4 is 15.0 Å². The van der Waals surface area contributed by atoms with E-state index in [1.807, 2.05) is 24.3 Å². The number of anilines is 1. The van der Waals surface area contributed by atoms with Gasteiger partial charge in [0, 0.05) is 26.2 Å². The summed E-state index contributed by atoms with van der Waals surface area (Å²) in [5.41, 5.74) is 0.805. The third kappa shape index (κ3) is 3.27. The number of benzene rings is 1. The molecule has 0 radical (unpaired) electrons. The van der Waals surface area contributed by atoms with Crippen molar-refractivity contribution in [1.29, 1.82) is 0 Å². The molecular weight excluding hydrogens is 284 g/mol. The molecule has 1 aromatic carbocycles. The number of piperazine rings is 1. The maximum atomic E-state index is 9.47. The minimum absolute atomic E-state index is 0.00148. The van der Waals surface area contributed by atoms with E-state index in [0.717, 1.165) is 37.1 Å². The maximum absolute atomic E-state index is 9.47. The van der Waals surface area contributed by atoms with E-state index >= 15 is 0 Å². The van der Waals surface area contributed by atoms with Crippen molar-refractivity contribution in [3.8, 4) is 5.88 Å². The molecule has 0 amide bonds. The first kappa shape index (κ1) is 15.0. The highest BCUT2D eigenvalue weighted by atomic mass is 16.5. The number of fused-ring (bicyclic) bond motifs is 1. The van der Waals surface area contributed by atoms with Crippen LogP contribution in [0.25, 0.3) is 10.9 Å². The van der Waals surface area contributed by atoms with Crippen LogP contribution in [0.5, 0.6) is 5.88 Å². The number of rotatable bonds is 5. The number of nitrogens with zero attached hydrogens (tertiary/aromatic N) is 3. The Morgan fingerprint density at radius 1 is 1.23 bits per heavy atom. The Morgan fingerprint density at radius 3 is 2.77 bits per heavy atom. The molecule has 7 heteroatoms. The van der Waals surface area contributed by atoms with E-state index < -0.39 is 6.10 Å². The van der Waals surface area contributed by atoms with Crippen LogP contribution in [0.4, 0.5) is 5.95 Å². The van der Waals surface area contributed by atoms with Gasteiger partial charge in [-0.15, -0.1) is 0 Å². The van der Waals surface area contributed by atoms with Gasteiger partial charge in [-0.2, -0.15) is 4.98 Å². The minimum atomic E-state index is -0.920. The van der Waals surface area contributed by atoms with Gasteiger partial charge in [-0.3, -0.25) is 0 Å². The number of para-hydroxylation sites is 1. The van der Waals surface area contributed by atoms with Crippen molar-refractivity contribution in [2.75, 3.05) is 44.3 Å². The molecule has 1 fully saturated rings. The third-order valence-electron chi connectivity index (χ3n) is 3.58. The van der Waals surface area contributed by atoms with Gasteiger partial charge in [0.05, 0.1) is 17.5 Å². The van der Waals surface area contributed by atoms with Crippen LogP contribution in [-0.2, 0) is 0 Å². The number of aliphatic hydroxyl groups excluding tert-OH is 2. The Labute approximate surface area is 128 Å². The van der Waals surface area contributed by atoms with Crippen LogP contribution in [0.3, 0.4) is 0 Å². The van der Waals surface area contributed by atoms with Gasteiger partial charge in [0.25, 0.3) is 0 Å². The standard InChI is InChI=1S/C15H20N4O3/c20-9-11(21)10-22-14-12-3-1-2-4-13(12)17-15(18-14)19-7-5-16-6-8-19/h1-4,11,16,20-21H,5-10H2/t11-/m0/s1. The van der Waals surface area contributed by atoms with Gasteiger partial charge in [0.1, 0.15) is 12.7 Å². The largest absolute Gasteiger partial charge is 0.474 e. The molecule has 3 N–H and O–H groups in total. The van der Waals surface area contributed by atoms with Crippen LogP contribution in [0.1, 0.15) is 0 Å². The highest BCUT2D eigenvalue weighted by Gasteiger charge is 2.17. The van der Waals surface area contributed by atoms with Crippen molar-refractivity contribution < 1.29 is 14.9 Å². The molecule has 118 valence electrons. The Bertz CT molecular complexity index is 631. The van der Waals surface area contributed by atoms with Crippen LogP contribution in [0.2, 0.25) is 0 Å². The van der Waals surface area contributed by atoms with Gasteiger partial charge in [0.2, 0.25) is 11.8 Å². The highest BCUT2D eigenvalue weighted by molar-refractivity contribution is 5.84. The van der Waals surface area contributed by atoms with Crippen LogP contribution in [0, 0.1) is 0 Å². The van der Waals surface area contributed by atoms with E-state index in [0.29, 0.717) is 11.8 Å². The summed E-state index contributed by atoms with van der Waals surface area (Å²) in [6.07, 6.45) is -0.920. The molecule has 1 aliphatic heterocycles. The van der Waals surface area contributed by atoms with E-state index in [2.05, 4.69) is 20.2 Å². The van der Waals surface area contributed by atoms with Crippen molar-refractivity contribution in [1.82, 2.24) is 15.3 Å². The summed E-state index contributed by atoms with van der Waals surface area (Å²) in [5, 5.41) is 22.5. The number of hydrogen-bond donors (Lipinski definition) is 3. The van der Waals surface area contributed by atoms with Crippen molar-refractivity contribution in [3.05, 3.63) is 24.3 Å². The van der Waals surface area contributed by atoms with Gasteiger partial charge in [-0.25, -0.2) is 4.98 Å². The molecule has 1 saturated heterocycles. The van der Waals surface area contributed by atoms with Gasteiger partial charge >= 0.3 is 0 Å². The molecule has 2 aromatic rings. The van der Waals surface area contributed by atoms with Crippen molar-refractivity contribution >= 4 is 16.9 Å². The number of hydrogen-bond acceptors (Lipinski definition) is 7. The van der Waals surface area contributed by atoms with Gasteiger partial charge in [-0.1, -0.05) is 12.1 Å². The Morgan fingerprint density at radius 2 is 2.00 bits per heavy atom. The fourth-order valence-corrected chi connectivity index (χ4v) is 2.38. The summed E-state index contributed by atoms with van der Waals surface area (Å²) in [6.45, 7) is 3.14. The van der Waals surface area contributed by atoms with Crippen molar-refractivity contribution in [2.45, 2.75) is 6.10 Å². The molecule has 7 nitrogen and oxygen atoms in total. The molecule has 0 saturated carbocycles. The first-order valence-electron chi connectivity index (χ1n) is 7.42. The monoisotopic (exact) mass is 304 g/mol. The summed E-state index contributed by atoms with van der Waals surface area (Å²) in [6, 6.07) is 7.62. The van der Waals surface area contributed by atoms with Gasteiger partial charge < -0.3 is 25.2 Å². The fraction of sp³-hybridized carbons (Fsp3) is 0.467. The second-order valence-corrected chi connectivity index (χ2v) is 5.23. The van der Waals surface area contributed by atoms with E-state index in [9.17, 15) is 5.11 Å². The van der Waals surface area contributed by atoms with Crippen molar-refractivity contribution in [2.24, 2.45) is 0 Å². The molecule has 0 unspecified atom stereocenters. The number of ether oxygens (including phenoxy) is 1. The zero-order valence-electron chi connectivity index (χ0n) is 12.3. The van der Waals surface area contributed by atoms with Crippen molar-refractivity contribution in [3.63, 3.8) is 0 Å². The van der Waals surface area contributed by atoms with Gasteiger partial charge in [-0.05, 0) is 12.1 Å². The Kier molecular flexibility index (Phi) is 4.67. The first-order chi connectivity index (χ1) is 10.8. The van der Waals surface area contributed by atoms with E-state index in [4.69, 9.17) is 9.84 Å². The lowest BCUT2D eigenvalue weighted by Crippen LogP contribution is -2.44. The van der Waals surface area contributed by atoms with Crippen LogP contribution >= 0.6 is 0 Å². The molecule has 1 aromatic heterocycles. The summed E-state index contributed by atoms with van der Waals surface area (Å²) < 4.78 is 5.60. The highest BCUT2D eigenvalue weighted by Crippen LogP contribution is 2.25. The SMILES string of the molecule is OC[C@H](O)COc1nc(N2CCNCC2)nc2ccccc12. The number of aliphatic hydroxyl groups is 2. The molecular formula is C15H20N4O3. The molecule has 22 heavy (non-hydrogen) atoms. The predicted octanol–water partition coefficient (Wildman–Crippen LogP) is -0.229. The summed E-state index contributed by atoms with van der Waals surface area (Å²) >= 11 is 0. The lowest BCUT2D eigenvalue weighted by Gasteiger charge is -2.27. The van der Waals surface area contributed by atoms with E-state index in [-0.39, 0.29) is 13.2 Å². The molecule has 1 atom stereocenters. The zero-order valence-corrected chi connectivity index (χ0v) is 12.3. The molecule has 1 aliphatic rings. The quantitative estimate of drug-likeness (QED) is 0.703. The summed E-state index contributed by atoms with van der Waals surface area (Å²) in [4.78, 5) is 11.2. The molecule has 0 bridgehead atoms. The van der Waals surface area contributed by atoms with Gasteiger partial charge in [0.15, 0.2) is 0 Å². The topological polar surface area (TPSA) is 90.7 Å². The molecule has 0 spiro atoms. The minimum Gasteiger partial charge on any atom is -0.474 e. The van der Waals surface area contributed by atoms with Crippen LogP contribution in [0.15, 0.2) is 24.3 Å². The van der Waals surface area contributed by atoms with E-state index in [1.54, 1.807) is 0 Å². The smallest absolute Gasteiger partial charge is 0.229 e. The van der Waals surface area contributed by atoms with E-state index in [1.165, 1.54) is 0 Å². The Hall–Kier alpha value is -1.96. The Balaban J connectivity index is 1.92. The molecule has 0 aliphatic carbocycles. The lowest BCUT2D eigenvalue weighted by atomic mass is 10.2. The number of aromatic nitrogens is 2. The second-order valence-electron chi connectivity index (χ2n) is 5.23. The number of nitrogens with one attached hydrogen (secondary N) is 1. The predicted molar refractivity (Wildman–Crippen MR) is 83.2 cm³/mol. The average molecular weight is 304 g/mol. The second kappa shape index (κ2) is 6.87. The summed E-state index contributed by atoms with van der Waals surface area (Å²) in [5.74, 6) is 1.07.